The summed E-state index contributed by atoms with van der Waals surface area (Å²) in [5, 5.41) is 12.6. The number of nitrogens with one attached hydrogen (secondary N) is 1. The zero-order valence-corrected chi connectivity index (χ0v) is 8.49. The van der Waals surface area contributed by atoms with Crippen LogP contribution in [-0.4, -0.2) is 22.2 Å². The van der Waals surface area contributed by atoms with E-state index in [0.717, 1.165) is 31.6 Å². The first kappa shape index (κ1) is 8.97. The van der Waals surface area contributed by atoms with Crippen molar-refractivity contribution in [3.05, 3.63) is 23.5 Å². The second kappa shape index (κ2) is 2.85. The lowest BCUT2D eigenvalue weighted by molar-refractivity contribution is 0.0678. The number of carboxylic acids is 1. The third-order valence-electron chi connectivity index (χ3n) is 3.70. The Balaban J connectivity index is 2.10. The average Bonchev–Trinajstić information content (AvgIpc) is 2.58. The van der Waals surface area contributed by atoms with Crippen LogP contribution in [0.4, 0.5) is 0 Å². The van der Waals surface area contributed by atoms with Crippen LogP contribution < -0.4 is 5.32 Å². The van der Waals surface area contributed by atoms with Crippen LogP contribution in [0.3, 0.4) is 0 Å². The van der Waals surface area contributed by atoms with E-state index in [-0.39, 0.29) is 5.54 Å². The van der Waals surface area contributed by atoms with Crippen molar-refractivity contribution in [1.82, 2.24) is 9.88 Å². The number of hydrogen-bond acceptors (Lipinski definition) is 2. The van der Waals surface area contributed by atoms with Crippen LogP contribution in [0.1, 0.15) is 35.4 Å². The van der Waals surface area contributed by atoms with Crippen molar-refractivity contribution in [2.75, 3.05) is 6.54 Å². The molecule has 0 saturated heterocycles. The Morgan fingerprint density at radius 3 is 2.87 bits per heavy atom. The Bertz CT molecular complexity index is 418. The van der Waals surface area contributed by atoms with Crippen LogP contribution in [0.5, 0.6) is 0 Å². The van der Waals surface area contributed by atoms with E-state index < -0.39 is 5.97 Å². The summed E-state index contributed by atoms with van der Waals surface area (Å²) in [6, 6.07) is 3.69. The molecule has 2 aliphatic rings. The third kappa shape index (κ3) is 1.08. The zero-order valence-electron chi connectivity index (χ0n) is 8.49. The van der Waals surface area contributed by atoms with Crippen molar-refractivity contribution >= 4 is 5.97 Å². The molecule has 1 aliphatic carbocycles. The summed E-state index contributed by atoms with van der Waals surface area (Å²) < 4.78 is 1.96. The molecule has 0 aromatic carbocycles. The topological polar surface area (TPSA) is 54.3 Å². The Kier molecular flexibility index (Phi) is 1.71. The number of carbonyl (C=O) groups is 1. The van der Waals surface area contributed by atoms with Gasteiger partial charge in [-0.3, -0.25) is 0 Å². The second-order valence-corrected chi connectivity index (χ2v) is 4.42. The minimum atomic E-state index is -0.822. The Hall–Kier alpha value is -1.29. The molecule has 0 bridgehead atoms. The van der Waals surface area contributed by atoms with Crippen LogP contribution >= 0.6 is 0 Å². The first-order valence-electron chi connectivity index (χ1n) is 5.41. The fourth-order valence-corrected chi connectivity index (χ4v) is 2.77. The van der Waals surface area contributed by atoms with Gasteiger partial charge in [-0.1, -0.05) is 0 Å². The van der Waals surface area contributed by atoms with E-state index in [9.17, 15) is 4.79 Å². The van der Waals surface area contributed by atoms with Gasteiger partial charge in [0.1, 0.15) is 5.69 Å². The van der Waals surface area contributed by atoms with Gasteiger partial charge in [0.05, 0.1) is 5.54 Å². The minimum Gasteiger partial charge on any atom is -0.477 e. The largest absolute Gasteiger partial charge is 0.477 e. The van der Waals surface area contributed by atoms with Crippen LogP contribution in [-0.2, 0) is 12.1 Å². The number of hydrogen-bond donors (Lipinski definition) is 2. The van der Waals surface area contributed by atoms with Crippen LogP contribution in [0.2, 0.25) is 0 Å². The van der Waals surface area contributed by atoms with Gasteiger partial charge in [0, 0.05) is 18.8 Å². The highest BCUT2D eigenvalue weighted by molar-refractivity contribution is 5.86. The van der Waals surface area contributed by atoms with E-state index in [2.05, 4.69) is 5.32 Å². The lowest BCUT2D eigenvalue weighted by Crippen LogP contribution is -2.53. The second-order valence-electron chi connectivity index (χ2n) is 4.42. The monoisotopic (exact) mass is 206 g/mol. The van der Waals surface area contributed by atoms with Gasteiger partial charge in [-0.25, -0.2) is 4.79 Å². The zero-order chi connectivity index (χ0) is 10.5. The molecule has 0 radical (unpaired) electrons. The summed E-state index contributed by atoms with van der Waals surface area (Å²) in [4.78, 5) is 11.0. The molecule has 2 heterocycles. The lowest BCUT2D eigenvalue weighted by atomic mass is 9.73. The molecule has 1 aliphatic heterocycles. The Labute approximate surface area is 87.9 Å². The smallest absolute Gasteiger partial charge is 0.352 e. The molecule has 2 N–H and O–H groups in total. The van der Waals surface area contributed by atoms with E-state index in [0.29, 0.717) is 5.69 Å². The molecule has 15 heavy (non-hydrogen) atoms. The van der Waals surface area contributed by atoms with Gasteiger partial charge in [-0.05, 0) is 31.4 Å². The molecular formula is C11H14N2O2. The Morgan fingerprint density at radius 1 is 1.47 bits per heavy atom. The fraction of sp³-hybridized carbons (Fsp3) is 0.545. The summed E-state index contributed by atoms with van der Waals surface area (Å²) in [6.07, 6.45) is 3.51. The molecule has 1 aromatic rings. The number of rotatable bonds is 1. The fourth-order valence-electron chi connectivity index (χ4n) is 2.77. The van der Waals surface area contributed by atoms with Gasteiger partial charge in [0.2, 0.25) is 0 Å². The maximum Gasteiger partial charge on any atom is 0.352 e. The van der Waals surface area contributed by atoms with E-state index >= 15 is 0 Å². The van der Waals surface area contributed by atoms with Gasteiger partial charge in [-0.2, -0.15) is 0 Å². The van der Waals surface area contributed by atoms with Crippen molar-refractivity contribution in [3.8, 4) is 0 Å². The maximum absolute atomic E-state index is 11.0. The number of aromatic carboxylic acids is 1. The molecule has 0 unspecified atom stereocenters. The molecule has 1 saturated carbocycles. The third-order valence-corrected chi connectivity index (χ3v) is 3.70. The van der Waals surface area contributed by atoms with E-state index in [1.165, 1.54) is 6.42 Å². The van der Waals surface area contributed by atoms with Crippen LogP contribution in [0.25, 0.3) is 0 Å². The first-order chi connectivity index (χ1) is 7.23. The van der Waals surface area contributed by atoms with Gasteiger partial charge >= 0.3 is 5.97 Å². The van der Waals surface area contributed by atoms with E-state index in [1.54, 1.807) is 6.07 Å². The molecular weight excluding hydrogens is 192 g/mol. The first-order valence-corrected chi connectivity index (χ1v) is 5.41. The highest BCUT2D eigenvalue weighted by atomic mass is 16.4. The van der Waals surface area contributed by atoms with Crippen LogP contribution in [0.15, 0.2) is 12.1 Å². The molecule has 0 amide bonds. The highest BCUT2D eigenvalue weighted by Gasteiger charge is 2.42. The van der Waals surface area contributed by atoms with E-state index in [1.807, 2.05) is 10.6 Å². The standard InChI is InChI=1S/C11H14N2O2/c14-10(15)8-2-3-9-11(4-1-5-11)12-6-7-13(8)9/h2-3,12H,1,4-7H2,(H,14,15). The molecule has 1 aromatic heterocycles. The number of nitrogens with zero attached hydrogens (tertiary/aromatic N) is 1. The van der Waals surface area contributed by atoms with Crippen molar-refractivity contribution in [1.29, 1.82) is 0 Å². The average molecular weight is 206 g/mol. The summed E-state index contributed by atoms with van der Waals surface area (Å²) in [5.74, 6) is -0.822. The molecule has 1 fully saturated rings. The van der Waals surface area contributed by atoms with Gasteiger partial charge in [0.25, 0.3) is 0 Å². The van der Waals surface area contributed by atoms with Crippen molar-refractivity contribution < 1.29 is 9.90 Å². The maximum atomic E-state index is 11.0. The summed E-state index contributed by atoms with van der Waals surface area (Å²) in [6.45, 7) is 1.65. The highest BCUT2D eigenvalue weighted by Crippen LogP contribution is 2.43. The van der Waals surface area contributed by atoms with Crippen molar-refractivity contribution in [3.63, 3.8) is 0 Å². The predicted octanol–water partition coefficient (Wildman–Crippen LogP) is 1.17. The summed E-state index contributed by atoms with van der Waals surface area (Å²) >= 11 is 0. The lowest BCUT2D eigenvalue weighted by Gasteiger charge is -2.46. The predicted molar refractivity (Wildman–Crippen MR) is 54.9 cm³/mol. The molecule has 3 rings (SSSR count). The SMILES string of the molecule is O=C(O)c1ccc2n1CCNC21CCC1. The summed E-state index contributed by atoms with van der Waals surface area (Å²) in [7, 11) is 0. The normalized spacial score (nSPS) is 22.1. The van der Waals surface area contributed by atoms with Gasteiger partial charge < -0.3 is 15.0 Å². The van der Waals surface area contributed by atoms with E-state index in [4.69, 9.17) is 5.11 Å². The quantitative estimate of drug-likeness (QED) is 0.725. The Morgan fingerprint density at radius 2 is 2.27 bits per heavy atom. The van der Waals surface area contributed by atoms with Crippen molar-refractivity contribution in [2.45, 2.75) is 31.3 Å². The summed E-state index contributed by atoms with van der Waals surface area (Å²) in [5.41, 5.74) is 1.68. The van der Waals surface area contributed by atoms with Gasteiger partial charge in [-0.15, -0.1) is 0 Å². The molecule has 4 heteroatoms. The number of aromatic nitrogens is 1. The number of carboxylic acid groups (broad SMARTS) is 1. The molecule has 80 valence electrons. The number of fused-ring (bicyclic) bond motifs is 2. The van der Waals surface area contributed by atoms with Crippen LogP contribution in [0, 0.1) is 0 Å². The van der Waals surface area contributed by atoms with Gasteiger partial charge in [0.15, 0.2) is 0 Å². The minimum absolute atomic E-state index is 0.0892. The molecule has 4 nitrogen and oxygen atoms in total. The van der Waals surface area contributed by atoms with Crippen molar-refractivity contribution in [2.24, 2.45) is 0 Å². The molecule has 1 spiro atoms. The molecule has 0 atom stereocenters.